The van der Waals surface area contributed by atoms with E-state index in [4.69, 9.17) is 9.47 Å². The highest BCUT2D eigenvalue weighted by Crippen LogP contribution is 2.24. The van der Waals surface area contributed by atoms with Crippen LogP contribution in [0, 0.1) is 0 Å². The molecule has 2 rings (SSSR count). The summed E-state index contributed by atoms with van der Waals surface area (Å²) in [5.41, 5.74) is 0.398. The number of amides is 1. The maximum atomic E-state index is 12.7. The Morgan fingerprint density at radius 3 is 2.65 bits per heavy atom. The van der Waals surface area contributed by atoms with Crippen LogP contribution in [0.15, 0.2) is 30.3 Å². The first-order valence-corrected chi connectivity index (χ1v) is 6.87. The Morgan fingerprint density at radius 2 is 2.00 bits per heavy atom. The van der Waals surface area contributed by atoms with Gasteiger partial charge in [0, 0.05) is 13.2 Å². The number of alkyl halides is 1. The molecule has 1 aromatic carbocycles. The summed E-state index contributed by atoms with van der Waals surface area (Å²) in [5.74, 6) is 0. The molecule has 110 valence electrons. The van der Waals surface area contributed by atoms with Gasteiger partial charge in [0.05, 0.1) is 12.2 Å². The number of carbonyl (C=O) groups excluding carboxylic acids is 1. The number of alkyl carbamates (subject to hydrolysis) is 1. The highest BCUT2D eigenvalue weighted by Gasteiger charge is 2.34. The van der Waals surface area contributed by atoms with Crippen molar-refractivity contribution >= 4 is 6.09 Å². The molecule has 0 bridgehead atoms. The number of rotatable bonds is 5. The standard InChI is InChI=1S/C15H20FNO3/c16-9-6-15(7-10-19-11-8-15)17-14(18)20-12-13-4-2-1-3-5-13/h1-5H,6-12H2,(H,17,18). The molecule has 1 N–H and O–H groups in total. The van der Waals surface area contributed by atoms with Crippen LogP contribution in [-0.2, 0) is 16.1 Å². The van der Waals surface area contributed by atoms with Gasteiger partial charge in [-0.3, -0.25) is 4.39 Å². The van der Waals surface area contributed by atoms with E-state index in [1.54, 1.807) is 0 Å². The van der Waals surface area contributed by atoms with E-state index in [0.717, 1.165) is 5.56 Å². The first kappa shape index (κ1) is 14.8. The van der Waals surface area contributed by atoms with Crippen LogP contribution in [0.4, 0.5) is 9.18 Å². The highest BCUT2D eigenvalue weighted by molar-refractivity contribution is 5.68. The fraction of sp³-hybridized carbons (Fsp3) is 0.533. The highest BCUT2D eigenvalue weighted by atomic mass is 19.1. The number of benzene rings is 1. The predicted octanol–water partition coefficient (Wildman–Crippen LogP) is 2.82. The van der Waals surface area contributed by atoms with E-state index < -0.39 is 18.3 Å². The zero-order chi connectivity index (χ0) is 14.3. The summed E-state index contributed by atoms with van der Waals surface area (Å²) in [5, 5.41) is 2.82. The normalized spacial score (nSPS) is 17.4. The van der Waals surface area contributed by atoms with Gasteiger partial charge in [-0.15, -0.1) is 0 Å². The Labute approximate surface area is 118 Å². The number of carbonyl (C=O) groups is 1. The maximum absolute atomic E-state index is 12.7. The molecule has 0 unspecified atom stereocenters. The lowest BCUT2D eigenvalue weighted by atomic mass is 9.87. The van der Waals surface area contributed by atoms with Gasteiger partial charge in [0.1, 0.15) is 6.61 Å². The number of ether oxygens (including phenoxy) is 2. The van der Waals surface area contributed by atoms with Gasteiger partial charge in [0.15, 0.2) is 0 Å². The molecule has 0 aromatic heterocycles. The van der Waals surface area contributed by atoms with Crippen LogP contribution in [0.1, 0.15) is 24.8 Å². The monoisotopic (exact) mass is 281 g/mol. The van der Waals surface area contributed by atoms with Crippen molar-refractivity contribution in [2.75, 3.05) is 19.9 Å². The van der Waals surface area contributed by atoms with Crippen molar-refractivity contribution in [1.82, 2.24) is 5.32 Å². The lowest BCUT2D eigenvalue weighted by molar-refractivity contribution is 0.0288. The molecule has 0 spiro atoms. The van der Waals surface area contributed by atoms with E-state index in [9.17, 15) is 9.18 Å². The molecule has 0 aliphatic carbocycles. The molecule has 0 atom stereocenters. The molecule has 0 radical (unpaired) electrons. The third-order valence-corrected chi connectivity index (χ3v) is 3.60. The molecule has 4 nitrogen and oxygen atoms in total. The van der Waals surface area contributed by atoms with Gasteiger partial charge in [0.25, 0.3) is 0 Å². The fourth-order valence-electron chi connectivity index (χ4n) is 2.36. The third-order valence-electron chi connectivity index (χ3n) is 3.60. The van der Waals surface area contributed by atoms with Crippen LogP contribution in [0.25, 0.3) is 0 Å². The molecule has 1 aliphatic heterocycles. The van der Waals surface area contributed by atoms with Gasteiger partial charge in [-0.2, -0.15) is 0 Å². The van der Waals surface area contributed by atoms with Gasteiger partial charge in [-0.05, 0) is 24.8 Å². The third kappa shape index (κ3) is 4.20. The lowest BCUT2D eigenvalue weighted by Gasteiger charge is -2.36. The number of hydrogen-bond acceptors (Lipinski definition) is 3. The van der Waals surface area contributed by atoms with Crippen molar-refractivity contribution < 1.29 is 18.7 Å². The summed E-state index contributed by atoms with van der Waals surface area (Å²) in [4.78, 5) is 11.9. The van der Waals surface area contributed by atoms with Gasteiger partial charge in [-0.1, -0.05) is 30.3 Å². The summed E-state index contributed by atoms with van der Waals surface area (Å²) < 4.78 is 23.1. The van der Waals surface area contributed by atoms with Crippen LogP contribution >= 0.6 is 0 Å². The van der Waals surface area contributed by atoms with E-state index in [0.29, 0.717) is 32.5 Å². The second kappa shape index (κ2) is 7.24. The van der Waals surface area contributed by atoms with E-state index in [-0.39, 0.29) is 6.61 Å². The molecule has 1 amide bonds. The Bertz CT molecular complexity index is 413. The summed E-state index contributed by atoms with van der Waals surface area (Å²) in [6.07, 6.45) is 1.05. The lowest BCUT2D eigenvalue weighted by Crippen LogP contribution is -2.52. The minimum atomic E-state index is -0.527. The topological polar surface area (TPSA) is 47.6 Å². The molecule has 1 heterocycles. The van der Waals surface area contributed by atoms with E-state index in [1.807, 2.05) is 30.3 Å². The van der Waals surface area contributed by atoms with E-state index >= 15 is 0 Å². The Kier molecular flexibility index (Phi) is 5.35. The Balaban J connectivity index is 1.85. The van der Waals surface area contributed by atoms with Crippen molar-refractivity contribution in [2.24, 2.45) is 0 Å². The summed E-state index contributed by atoms with van der Waals surface area (Å²) in [6.45, 7) is 0.839. The first-order chi connectivity index (χ1) is 9.74. The SMILES string of the molecule is O=C(NC1(CCF)CCOCC1)OCc1ccccc1. The van der Waals surface area contributed by atoms with Crippen molar-refractivity contribution in [3.05, 3.63) is 35.9 Å². The molecular weight excluding hydrogens is 261 g/mol. The van der Waals surface area contributed by atoms with Crippen LogP contribution < -0.4 is 5.32 Å². The van der Waals surface area contributed by atoms with Crippen LogP contribution in [0.5, 0.6) is 0 Å². The smallest absolute Gasteiger partial charge is 0.407 e. The fourth-order valence-corrected chi connectivity index (χ4v) is 2.36. The van der Waals surface area contributed by atoms with Crippen molar-refractivity contribution in [3.63, 3.8) is 0 Å². The summed E-state index contributed by atoms with van der Waals surface area (Å²) >= 11 is 0. The average molecular weight is 281 g/mol. The summed E-state index contributed by atoms with van der Waals surface area (Å²) in [7, 11) is 0. The second-order valence-corrected chi connectivity index (χ2v) is 5.02. The number of hydrogen-bond donors (Lipinski definition) is 1. The number of nitrogens with one attached hydrogen (secondary N) is 1. The second-order valence-electron chi connectivity index (χ2n) is 5.02. The molecule has 5 heteroatoms. The summed E-state index contributed by atoms with van der Waals surface area (Å²) in [6, 6.07) is 9.46. The largest absolute Gasteiger partial charge is 0.445 e. The van der Waals surface area contributed by atoms with Gasteiger partial charge >= 0.3 is 6.09 Å². The van der Waals surface area contributed by atoms with Crippen molar-refractivity contribution in [2.45, 2.75) is 31.4 Å². The molecule has 20 heavy (non-hydrogen) atoms. The van der Waals surface area contributed by atoms with Gasteiger partial charge in [-0.25, -0.2) is 4.79 Å². The van der Waals surface area contributed by atoms with Crippen molar-refractivity contribution in [3.8, 4) is 0 Å². The van der Waals surface area contributed by atoms with Gasteiger partial charge < -0.3 is 14.8 Å². The van der Waals surface area contributed by atoms with Crippen molar-refractivity contribution in [1.29, 1.82) is 0 Å². The zero-order valence-electron chi connectivity index (χ0n) is 11.4. The Morgan fingerprint density at radius 1 is 1.30 bits per heavy atom. The zero-order valence-corrected chi connectivity index (χ0v) is 11.4. The molecule has 1 fully saturated rings. The van der Waals surface area contributed by atoms with Crippen LogP contribution in [0.2, 0.25) is 0 Å². The van der Waals surface area contributed by atoms with Crippen LogP contribution in [0.3, 0.4) is 0 Å². The van der Waals surface area contributed by atoms with E-state index in [2.05, 4.69) is 5.32 Å². The molecule has 1 aromatic rings. The van der Waals surface area contributed by atoms with Crippen LogP contribution in [-0.4, -0.2) is 31.5 Å². The molecular formula is C15H20FNO3. The molecule has 0 saturated carbocycles. The Hall–Kier alpha value is -1.62. The quantitative estimate of drug-likeness (QED) is 0.902. The molecule has 1 saturated heterocycles. The number of halogens is 1. The van der Waals surface area contributed by atoms with Gasteiger partial charge in [0.2, 0.25) is 0 Å². The predicted molar refractivity (Wildman–Crippen MR) is 73.1 cm³/mol. The minimum Gasteiger partial charge on any atom is -0.445 e. The minimum absolute atomic E-state index is 0.217. The molecule has 1 aliphatic rings. The average Bonchev–Trinajstić information content (AvgIpc) is 2.47. The van der Waals surface area contributed by atoms with E-state index in [1.165, 1.54) is 0 Å². The maximum Gasteiger partial charge on any atom is 0.407 e. The first-order valence-electron chi connectivity index (χ1n) is 6.87.